The fourth-order valence-corrected chi connectivity index (χ4v) is 3.70. The molecule has 0 aliphatic heterocycles. The van der Waals surface area contributed by atoms with Gasteiger partial charge in [0.15, 0.2) is 0 Å². The number of hydrogen-bond donors (Lipinski definition) is 1. The molecule has 29 heavy (non-hydrogen) atoms. The summed E-state index contributed by atoms with van der Waals surface area (Å²) in [5, 5.41) is 5.38. The molecule has 1 heterocycles. The molecular formula is C23H22FN3OS. The van der Waals surface area contributed by atoms with E-state index in [9.17, 15) is 4.39 Å². The Bertz CT molecular complexity index is 1110. The summed E-state index contributed by atoms with van der Waals surface area (Å²) in [7, 11) is 0. The number of ether oxygens (including phenoxy) is 1. The van der Waals surface area contributed by atoms with Crippen LogP contribution in [-0.2, 0) is 0 Å². The van der Waals surface area contributed by atoms with E-state index in [-0.39, 0.29) is 18.0 Å². The van der Waals surface area contributed by atoms with E-state index in [2.05, 4.69) is 35.6 Å². The summed E-state index contributed by atoms with van der Waals surface area (Å²) in [4.78, 5) is 1.20. The number of hydrogen-bond acceptors (Lipinski definition) is 4. The van der Waals surface area contributed by atoms with Gasteiger partial charge in [0.05, 0.1) is 17.4 Å². The molecule has 0 saturated carbocycles. The fourth-order valence-electron chi connectivity index (χ4n) is 3.29. The van der Waals surface area contributed by atoms with Gasteiger partial charge >= 0.3 is 0 Å². The molecule has 0 radical (unpaired) electrons. The first-order valence-electron chi connectivity index (χ1n) is 9.35. The molecule has 0 fully saturated rings. The van der Waals surface area contributed by atoms with E-state index in [4.69, 9.17) is 10.5 Å². The van der Waals surface area contributed by atoms with Gasteiger partial charge in [-0.05, 0) is 73.3 Å². The van der Waals surface area contributed by atoms with Crippen LogP contribution in [0.5, 0.6) is 5.75 Å². The van der Waals surface area contributed by atoms with E-state index in [1.165, 1.54) is 17.0 Å². The molecule has 148 valence electrons. The van der Waals surface area contributed by atoms with Crippen molar-refractivity contribution in [3.8, 4) is 11.4 Å². The Balaban J connectivity index is 1.62. The van der Waals surface area contributed by atoms with Crippen molar-refractivity contribution in [1.29, 1.82) is 0 Å². The van der Waals surface area contributed by atoms with E-state index in [0.717, 1.165) is 27.9 Å². The zero-order valence-electron chi connectivity index (χ0n) is 16.2. The van der Waals surface area contributed by atoms with Crippen LogP contribution >= 0.6 is 11.8 Å². The second-order valence-electron chi connectivity index (χ2n) is 6.92. The van der Waals surface area contributed by atoms with Gasteiger partial charge in [-0.25, -0.2) is 9.07 Å². The molecule has 2 N–H and O–H groups in total. The lowest BCUT2D eigenvalue weighted by Gasteiger charge is -2.23. The quantitative estimate of drug-likeness (QED) is 0.438. The summed E-state index contributed by atoms with van der Waals surface area (Å²) in [6, 6.07) is 20.2. The Morgan fingerprint density at radius 3 is 2.41 bits per heavy atom. The molecule has 1 aromatic heterocycles. The normalized spacial score (nSPS) is 13.4. The summed E-state index contributed by atoms with van der Waals surface area (Å²) < 4.78 is 21.2. The smallest absolute Gasteiger partial charge is 0.138 e. The number of benzene rings is 3. The first-order valence-corrected chi connectivity index (χ1v) is 10.6. The monoisotopic (exact) mass is 407 g/mol. The first-order chi connectivity index (χ1) is 14.0. The van der Waals surface area contributed by atoms with Crippen LogP contribution in [0.25, 0.3) is 16.6 Å². The molecule has 4 rings (SSSR count). The fraction of sp³-hybridized carbons (Fsp3) is 0.174. The Hall–Kier alpha value is -2.83. The Kier molecular flexibility index (Phi) is 5.56. The second kappa shape index (κ2) is 8.27. The molecule has 0 aliphatic rings. The average molecular weight is 408 g/mol. The van der Waals surface area contributed by atoms with Gasteiger partial charge < -0.3 is 10.5 Å². The van der Waals surface area contributed by atoms with E-state index < -0.39 is 0 Å². The van der Waals surface area contributed by atoms with Crippen molar-refractivity contribution in [1.82, 2.24) is 9.78 Å². The summed E-state index contributed by atoms with van der Waals surface area (Å²) in [6.07, 6.45) is 3.57. The highest BCUT2D eigenvalue weighted by molar-refractivity contribution is 7.98. The lowest BCUT2D eigenvalue weighted by atomic mass is 10.0. The van der Waals surface area contributed by atoms with Crippen molar-refractivity contribution in [3.63, 3.8) is 0 Å². The summed E-state index contributed by atoms with van der Waals surface area (Å²) in [6.45, 7) is 1.94. The molecule has 4 aromatic rings. The van der Waals surface area contributed by atoms with Crippen molar-refractivity contribution in [2.24, 2.45) is 5.73 Å². The minimum atomic E-state index is -0.270. The van der Waals surface area contributed by atoms with Gasteiger partial charge in [-0.1, -0.05) is 12.1 Å². The molecule has 2 atom stereocenters. The molecule has 0 bridgehead atoms. The highest BCUT2D eigenvalue weighted by atomic mass is 32.2. The van der Waals surface area contributed by atoms with E-state index in [1.54, 1.807) is 34.8 Å². The van der Waals surface area contributed by atoms with Crippen LogP contribution in [0.3, 0.4) is 0 Å². The summed E-state index contributed by atoms with van der Waals surface area (Å²) in [5.41, 5.74) is 8.98. The summed E-state index contributed by atoms with van der Waals surface area (Å²) >= 11 is 1.70. The highest BCUT2D eigenvalue weighted by Crippen LogP contribution is 2.29. The largest absolute Gasteiger partial charge is 0.484 e. The Morgan fingerprint density at radius 1 is 1.03 bits per heavy atom. The number of thioether (sulfide) groups is 1. The number of halogens is 1. The van der Waals surface area contributed by atoms with Crippen LogP contribution < -0.4 is 10.5 Å². The van der Waals surface area contributed by atoms with Crippen molar-refractivity contribution >= 4 is 22.7 Å². The minimum Gasteiger partial charge on any atom is -0.484 e. The van der Waals surface area contributed by atoms with Crippen molar-refractivity contribution < 1.29 is 9.13 Å². The number of fused-ring (bicyclic) bond motifs is 1. The highest BCUT2D eigenvalue weighted by Gasteiger charge is 2.19. The lowest BCUT2D eigenvalue weighted by molar-refractivity contribution is 0.180. The Labute approximate surface area is 173 Å². The number of aromatic nitrogens is 2. The second-order valence-corrected chi connectivity index (χ2v) is 7.80. The van der Waals surface area contributed by atoms with Crippen LogP contribution in [0.15, 0.2) is 77.8 Å². The Morgan fingerprint density at radius 2 is 1.76 bits per heavy atom. The van der Waals surface area contributed by atoms with Crippen molar-refractivity contribution in [2.75, 3.05) is 6.26 Å². The molecule has 0 spiro atoms. The summed E-state index contributed by atoms with van der Waals surface area (Å²) in [5.74, 6) is 0.459. The van der Waals surface area contributed by atoms with E-state index in [1.807, 2.05) is 25.1 Å². The van der Waals surface area contributed by atoms with Gasteiger partial charge in [-0.3, -0.25) is 0 Å². The minimum absolute atomic E-state index is 0.173. The van der Waals surface area contributed by atoms with Crippen LogP contribution in [0.4, 0.5) is 4.39 Å². The molecule has 0 amide bonds. The maximum absolute atomic E-state index is 13.2. The zero-order valence-corrected chi connectivity index (χ0v) is 17.1. The van der Waals surface area contributed by atoms with Gasteiger partial charge in [-0.15, -0.1) is 11.8 Å². The molecule has 6 heteroatoms. The topological polar surface area (TPSA) is 53.1 Å². The van der Waals surface area contributed by atoms with Crippen LogP contribution in [0.1, 0.15) is 18.6 Å². The molecular weight excluding hydrogens is 385 g/mol. The van der Waals surface area contributed by atoms with Crippen molar-refractivity contribution in [3.05, 3.63) is 84.3 Å². The average Bonchev–Trinajstić information content (AvgIpc) is 3.16. The van der Waals surface area contributed by atoms with Gasteiger partial charge in [0.2, 0.25) is 0 Å². The SMILES string of the molecule is CSc1ccc(C(Oc2ccc3c(cnn3-c3ccc(F)cc3)c2)C(C)N)cc1. The molecule has 3 aromatic carbocycles. The van der Waals surface area contributed by atoms with Crippen LogP contribution in [0.2, 0.25) is 0 Å². The third kappa shape index (κ3) is 4.13. The third-order valence-corrected chi connectivity index (χ3v) is 5.54. The molecule has 4 nitrogen and oxygen atoms in total. The van der Waals surface area contributed by atoms with E-state index in [0.29, 0.717) is 0 Å². The predicted octanol–water partition coefficient (Wildman–Crippen LogP) is 5.35. The number of rotatable bonds is 6. The maximum Gasteiger partial charge on any atom is 0.138 e. The molecule has 0 saturated heterocycles. The van der Waals surface area contributed by atoms with Gasteiger partial charge in [-0.2, -0.15) is 5.10 Å². The lowest BCUT2D eigenvalue weighted by Crippen LogP contribution is -2.29. The molecule has 2 unspecified atom stereocenters. The van der Waals surface area contributed by atoms with Gasteiger partial charge in [0.25, 0.3) is 0 Å². The third-order valence-electron chi connectivity index (χ3n) is 4.80. The standard InChI is InChI=1S/C23H22FN3OS/c1-15(25)23(16-3-10-21(29-2)11-4-16)28-20-9-12-22-17(13-20)14-26-27(22)19-7-5-18(24)6-8-19/h3-15,23H,25H2,1-2H3. The van der Waals surface area contributed by atoms with Crippen molar-refractivity contribution in [2.45, 2.75) is 24.0 Å². The van der Waals surface area contributed by atoms with Gasteiger partial charge in [0, 0.05) is 16.3 Å². The van der Waals surface area contributed by atoms with Crippen LogP contribution in [0, 0.1) is 5.82 Å². The first kappa shape index (κ1) is 19.5. The van der Waals surface area contributed by atoms with Crippen LogP contribution in [-0.4, -0.2) is 22.1 Å². The van der Waals surface area contributed by atoms with E-state index >= 15 is 0 Å². The molecule has 0 aliphatic carbocycles. The maximum atomic E-state index is 13.2. The number of nitrogens with zero attached hydrogens (tertiary/aromatic N) is 2. The number of nitrogens with two attached hydrogens (primary N) is 1. The predicted molar refractivity (Wildman–Crippen MR) is 116 cm³/mol. The zero-order chi connectivity index (χ0) is 20.4. The van der Waals surface area contributed by atoms with Gasteiger partial charge in [0.1, 0.15) is 17.7 Å².